The maximum absolute atomic E-state index is 12.8. The zero-order valence-electron chi connectivity index (χ0n) is 14.7. The number of benzene rings is 1. The Bertz CT molecular complexity index is 994. The fourth-order valence-corrected chi connectivity index (χ4v) is 4.14. The highest BCUT2D eigenvalue weighted by Crippen LogP contribution is 2.24. The predicted octanol–water partition coefficient (Wildman–Crippen LogP) is 2.10. The third-order valence-corrected chi connectivity index (χ3v) is 5.39. The molecule has 26 heavy (non-hydrogen) atoms. The minimum absolute atomic E-state index is 0.00499. The van der Waals surface area contributed by atoms with Crippen LogP contribution < -0.4 is 10.1 Å². The number of nitrogens with zero attached hydrogens (tertiary/aromatic N) is 2. The Balaban J connectivity index is 1.77. The van der Waals surface area contributed by atoms with Gasteiger partial charge in [0.1, 0.15) is 24.4 Å². The number of ether oxygens (including phenoxy) is 2. The lowest BCUT2D eigenvalue weighted by molar-refractivity contribution is -0.686. The number of hydrogen-bond acceptors (Lipinski definition) is 5. The number of aromatic nitrogens is 2. The van der Waals surface area contributed by atoms with Crippen LogP contribution >= 0.6 is 11.3 Å². The second-order valence-corrected chi connectivity index (χ2v) is 7.76. The van der Waals surface area contributed by atoms with Gasteiger partial charge in [-0.25, -0.2) is 4.79 Å². The van der Waals surface area contributed by atoms with Crippen LogP contribution in [-0.2, 0) is 22.4 Å². The van der Waals surface area contributed by atoms with E-state index >= 15 is 0 Å². The van der Waals surface area contributed by atoms with Crippen LogP contribution in [0.15, 0.2) is 46.7 Å². The van der Waals surface area contributed by atoms with Gasteiger partial charge < -0.3 is 14.6 Å². The average molecular weight is 373 g/mol. The van der Waals surface area contributed by atoms with Crippen LogP contribution in [0.2, 0.25) is 0 Å². The summed E-state index contributed by atoms with van der Waals surface area (Å²) in [5.41, 5.74) is 1.16. The smallest absolute Gasteiger partial charge is 0.351 e. The van der Waals surface area contributed by atoms with E-state index in [0.717, 1.165) is 5.56 Å². The molecule has 6 nitrogen and oxygen atoms in total. The van der Waals surface area contributed by atoms with Crippen molar-refractivity contribution in [2.24, 2.45) is 0 Å². The Hall–Kier alpha value is -2.22. The molecule has 0 spiro atoms. The zero-order chi connectivity index (χ0) is 18.3. The fourth-order valence-electron chi connectivity index (χ4n) is 3.29. The molecule has 1 atom stereocenters. The van der Waals surface area contributed by atoms with E-state index in [1.165, 1.54) is 11.3 Å². The maximum atomic E-state index is 12.8. The van der Waals surface area contributed by atoms with Gasteiger partial charge in [-0.05, 0) is 19.4 Å². The van der Waals surface area contributed by atoms with Gasteiger partial charge in [0, 0.05) is 11.8 Å². The van der Waals surface area contributed by atoms with Gasteiger partial charge in [0.25, 0.3) is 5.88 Å². The monoisotopic (exact) mass is 373 g/mol. The van der Waals surface area contributed by atoms with Gasteiger partial charge in [-0.15, -0.1) is 0 Å². The SMILES string of the molecule is CC1(C)OCC(C[n+]2c(O)c(Cc3ccccc3)c(=O)n3ccsc32)O1. The molecule has 1 aromatic carbocycles. The minimum atomic E-state index is -0.631. The van der Waals surface area contributed by atoms with Gasteiger partial charge in [0.15, 0.2) is 5.79 Å². The van der Waals surface area contributed by atoms with Crippen LogP contribution in [0.5, 0.6) is 5.88 Å². The molecule has 1 aliphatic rings. The molecular formula is C19H21N2O4S+. The minimum Gasteiger partial charge on any atom is -0.477 e. The first kappa shape index (κ1) is 17.2. The van der Waals surface area contributed by atoms with Crippen molar-refractivity contribution in [3.8, 4) is 5.88 Å². The van der Waals surface area contributed by atoms with Crippen LogP contribution in [-0.4, -0.2) is 28.0 Å². The molecule has 0 aliphatic carbocycles. The Morgan fingerprint density at radius 3 is 2.81 bits per heavy atom. The van der Waals surface area contributed by atoms with Gasteiger partial charge >= 0.3 is 10.5 Å². The van der Waals surface area contributed by atoms with Crippen molar-refractivity contribution in [3.05, 3.63) is 63.4 Å². The summed E-state index contributed by atoms with van der Waals surface area (Å²) in [7, 11) is 0. The normalized spacial score (nSPS) is 19.2. The molecule has 0 bridgehead atoms. The lowest BCUT2D eigenvalue weighted by Gasteiger charge is -2.17. The van der Waals surface area contributed by atoms with E-state index in [1.807, 2.05) is 49.6 Å². The molecular weight excluding hydrogens is 352 g/mol. The Kier molecular flexibility index (Phi) is 4.30. The summed E-state index contributed by atoms with van der Waals surface area (Å²) < 4.78 is 14.8. The van der Waals surface area contributed by atoms with E-state index in [9.17, 15) is 9.90 Å². The number of rotatable bonds is 4. The van der Waals surface area contributed by atoms with E-state index in [-0.39, 0.29) is 17.5 Å². The third-order valence-electron chi connectivity index (χ3n) is 4.50. The highest BCUT2D eigenvalue weighted by Gasteiger charge is 2.36. The van der Waals surface area contributed by atoms with E-state index in [1.54, 1.807) is 15.2 Å². The molecule has 1 unspecified atom stereocenters. The van der Waals surface area contributed by atoms with Crippen molar-refractivity contribution < 1.29 is 19.1 Å². The maximum Gasteiger partial charge on any atom is 0.351 e. The van der Waals surface area contributed by atoms with Crippen LogP contribution in [0.1, 0.15) is 25.0 Å². The summed E-state index contributed by atoms with van der Waals surface area (Å²) in [4.78, 5) is 13.5. The number of fused-ring (bicyclic) bond motifs is 1. The molecule has 0 amide bonds. The molecule has 1 saturated heterocycles. The summed E-state index contributed by atoms with van der Waals surface area (Å²) >= 11 is 1.41. The highest BCUT2D eigenvalue weighted by atomic mass is 32.1. The number of hydrogen-bond donors (Lipinski definition) is 1. The second kappa shape index (κ2) is 6.50. The van der Waals surface area contributed by atoms with E-state index < -0.39 is 5.79 Å². The molecule has 3 aromatic rings. The van der Waals surface area contributed by atoms with Crippen LogP contribution in [0, 0.1) is 0 Å². The summed E-state index contributed by atoms with van der Waals surface area (Å²) in [6, 6.07) is 9.67. The molecule has 1 aliphatic heterocycles. The molecule has 1 fully saturated rings. The number of aromatic hydroxyl groups is 1. The Morgan fingerprint density at radius 2 is 2.12 bits per heavy atom. The van der Waals surface area contributed by atoms with Crippen molar-refractivity contribution in [1.82, 2.24) is 4.40 Å². The van der Waals surface area contributed by atoms with Crippen molar-refractivity contribution in [3.63, 3.8) is 0 Å². The van der Waals surface area contributed by atoms with Gasteiger partial charge in [0.2, 0.25) is 0 Å². The molecule has 0 saturated carbocycles. The van der Waals surface area contributed by atoms with Crippen LogP contribution in [0.3, 0.4) is 0 Å². The first-order valence-corrected chi connectivity index (χ1v) is 9.42. The summed E-state index contributed by atoms with van der Waals surface area (Å²) in [6.07, 6.45) is 1.93. The van der Waals surface area contributed by atoms with Crippen LogP contribution in [0.25, 0.3) is 4.96 Å². The first-order valence-electron chi connectivity index (χ1n) is 8.54. The lowest BCUT2D eigenvalue weighted by Crippen LogP contribution is -2.45. The summed E-state index contributed by atoms with van der Waals surface area (Å²) in [5, 5.41) is 12.7. The molecule has 1 N–H and O–H groups in total. The third kappa shape index (κ3) is 3.13. The molecule has 2 aromatic heterocycles. The quantitative estimate of drug-likeness (QED) is 0.712. The van der Waals surface area contributed by atoms with Crippen molar-refractivity contribution in [2.75, 3.05) is 6.61 Å². The lowest BCUT2D eigenvalue weighted by atomic mass is 10.1. The molecule has 4 rings (SSSR count). The van der Waals surface area contributed by atoms with E-state index in [4.69, 9.17) is 9.47 Å². The van der Waals surface area contributed by atoms with Crippen molar-refractivity contribution in [1.29, 1.82) is 0 Å². The first-order chi connectivity index (χ1) is 12.4. The Morgan fingerprint density at radius 1 is 1.35 bits per heavy atom. The van der Waals surface area contributed by atoms with E-state index in [0.29, 0.717) is 30.1 Å². The topological polar surface area (TPSA) is 64.1 Å². The van der Waals surface area contributed by atoms with Gasteiger partial charge in [0.05, 0.1) is 6.61 Å². The van der Waals surface area contributed by atoms with Crippen LogP contribution in [0.4, 0.5) is 0 Å². The second-order valence-electron chi connectivity index (χ2n) is 6.89. The predicted molar refractivity (Wildman–Crippen MR) is 97.6 cm³/mol. The molecule has 7 heteroatoms. The number of thiazole rings is 1. The fraction of sp³-hybridized carbons (Fsp3) is 0.368. The summed E-state index contributed by atoms with van der Waals surface area (Å²) in [6.45, 7) is 4.61. The summed E-state index contributed by atoms with van der Waals surface area (Å²) in [5.74, 6) is -0.636. The molecule has 0 radical (unpaired) electrons. The standard InChI is InChI=1S/C19H20N2O4S/c1-19(2)24-12-14(25-19)11-21-17(23)15(10-13-6-4-3-5-7-13)16(22)20-8-9-26-18(20)21/h3-9,14H,10-12H2,1-2H3/p+1. The zero-order valence-corrected chi connectivity index (χ0v) is 15.5. The van der Waals surface area contributed by atoms with Crippen molar-refractivity contribution >= 4 is 16.3 Å². The van der Waals surface area contributed by atoms with Crippen molar-refractivity contribution in [2.45, 2.75) is 38.7 Å². The Labute approximate surface area is 154 Å². The largest absolute Gasteiger partial charge is 0.477 e. The van der Waals surface area contributed by atoms with Gasteiger partial charge in [-0.2, -0.15) is 8.97 Å². The van der Waals surface area contributed by atoms with E-state index in [2.05, 4.69) is 0 Å². The average Bonchev–Trinajstić information content (AvgIpc) is 3.23. The van der Waals surface area contributed by atoms with Gasteiger partial charge in [-0.1, -0.05) is 41.7 Å². The van der Waals surface area contributed by atoms with Gasteiger partial charge in [-0.3, -0.25) is 0 Å². The molecule has 3 heterocycles. The highest BCUT2D eigenvalue weighted by molar-refractivity contribution is 7.14. The molecule has 136 valence electrons.